The molecule has 1 fully saturated rings. The molecule has 0 saturated heterocycles. The molecule has 0 spiro atoms. The van der Waals surface area contributed by atoms with Gasteiger partial charge < -0.3 is 5.73 Å². The van der Waals surface area contributed by atoms with Gasteiger partial charge in [0.1, 0.15) is 0 Å². The summed E-state index contributed by atoms with van der Waals surface area (Å²) in [5.41, 5.74) is 6.29. The number of hydrogen-bond acceptors (Lipinski definition) is 3. The van der Waals surface area contributed by atoms with Crippen LogP contribution in [0.4, 0.5) is 0 Å². The van der Waals surface area contributed by atoms with Gasteiger partial charge in [-0.15, -0.1) is 11.3 Å². The first kappa shape index (κ1) is 13.5. The second-order valence-corrected chi connectivity index (χ2v) is 6.93. The summed E-state index contributed by atoms with van der Waals surface area (Å²) in [6, 6.07) is 2.21. The summed E-state index contributed by atoms with van der Waals surface area (Å²) in [6.45, 7) is 4.06. The first-order chi connectivity index (χ1) is 8.12. The smallest absolute Gasteiger partial charge is 0.0358 e. The quantitative estimate of drug-likeness (QED) is 0.870. The van der Waals surface area contributed by atoms with Gasteiger partial charge in [-0.2, -0.15) is 0 Å². The van der Waals surface area contributed by atoms with Crippen LogP contribution in [0.15, 0.2) is 15.9 Å². The van der Waals surface area contributed by atoms with E-state index < -0.39 is 0 Å². The van der Waals surface area contributed by atoms with E-state index in [0.717, 1.165) is 25.4 Å². The van der Waals surface area contributed by atoms with Crippen LogP contribution in [0.2, 0.25) is 0 Å². The molecule has 1 aromatic heterocycles. The van der Waals surface area contributed by atoms with Gasteiger partial charge in [0, 0.05) is 33.4 Å². The summed E-state index contributed by atoms with van der Waals surface area (Å²) in [5, 5.41) is 2.15. The van der Waals surface area contributed by atoms with Crippen molar-refractivity contribution in [2.24, 2.45) is 11.7 Å². The molecule has 0 aromatic carbocycles. The fourth-order valence-corrected chi connectivity index (χ4v) is 4.29. The van der Waals surface area contributed by atoms with Crippen molar-refractivity contribution in [3.8, 4) is 0 Å². The van der Waals surface area contributed by atoms with E-state index in [1.807, 2.05) is 11.3 Å². The van der Waals surface area contributed by atoms with Crippen LogP contribution in [0.5, 0.6) is 0 Å². The number of halogens is 1. The Labute approximate surface area is 116 Å². The summed E-state index contributed by atoms with van der Waals surface area (Å²) in [7, 11) is 2.22. The lowest BCUT2D eigenvalue weighted by atomic mass is 9.88. The molecule has 0 aliphatic heterocycles. The molecule has 1 unspecified atom stereocenters. The largest absolute Gasteiger partial charge is 0.329 e. The molecule has 2 N–H and O–H groups in total. The van der Waals surface area contributed by atoms with Gasteiger partial charge >= 0.3 is 0 Å². The Balaban J connectivity index is 2.08. The van der Waals surface area contributed by atoms with E-state index >= 15 is 0 Å². The zero-order valence-electron chi connectivity index (χ0n) is 10.6. The molecule has 2 rings (SSSR count). The van der Waals surface area contributed by atoms with Crippen molar-refractivity contribution in [3.05, 3.63) is 20.8 Å². The highest BCUT2D eigenvalue weighted by molar-refractivity contribution is 9.10. The molecular weight excluding hydrogens is 296 g/mol. The van der Waals surface area contributed by atoms with E-state index in [1.165, 1.54) is 22.2 Å². The highest BCUT2D eigenvalue weighted by Crippen LogP contribution is 2.44. The molecule has 0 bridgehead atoms. The van der Waals surface area contributed by atoms with Gasteiger partial charge in [0.25, 0.3) is 0 Å². The molecule has 96 valence electrons. The second kappa shape index (κ2) is 5.39. The van der Waals surface area contributed by atoms with Crippen molar-refractivity contribution in [1.82, 2.24) is 4.90 Å². The van der Waals surface area contributed by atoms with Crippen LogP contribution < -0.4 is 5.73 Å². The van der Waals surface area contributed by atoms with Gasteiger partial charge in [-0.25, -0.2) is 0 Å². The Hall–Kier alpha value is 0.1000. The minimum Gasteiger partial charge on any atom is -0.329 e. The molecule has 1 aliphatic carbocycles. The Morgan fingerprint density at radius 1 is 1.59 bits per heavy atom. The van der Waals surface area contributed by atoms with Gasteiger partial charge in [0.05, 0.1) is 0 Å². The van der Waals surface area contributed by atoms with Crippen molar-refractivity contribution in [3.63, 3.8) is 0 Å². The molecule has 1 saturated carbocycles. The van der Waals surface area contributed by atoms with E-state index in [9.17, 15) is 0 Å². The van der Waals surface area contributed by atoms with Gasteiger partial charge in [-0.05, 0) is 54.2 Å². The number of rotatable bonds is 6. The van der Waals surface area contributed by atoms with E-state index in [2.05, 4.69) is 46.2 Å². The molecule has 1 aromatic rings. The fraction of sp³-hybridized carbons (Fsp3) is 0.692. The highest BCUT2D eigenvalue weighted by atomic mass is 79.9. The van der Waals surface area contributed by atoms with Crippen molar-refractivity contribution in [2.75, 3.05) is 13.6 Å². The lowest BCUT2D eigenvalue weighted by Crippen LogP contribution is -2.53. The summed E-state index contributed by atoms with van der Waals surface area (Å²) < 4.78 is 1.19. The maximum absolute atomic E-state index is 6.07. The van der Waals surface area contributed by atoms with Crippen molar-refractivity contribution < 1.29 is 0 Å². The third-order valence-electron chi connectivity index (χ3n) is 4.08. The number of thiophene rings is 1. The van der Waals surface area contributed by atoms with Gasteiger partial charge in [-0.3, -0.25) is 4.90 Å². The van der Waals surface area contributed by atoms with E-state index in [-0.39, 0.29) is 5.54 Å². The molecule has 2 nitrogen and oxygen atoms in total. The van der Waals surface area contributed by atoms with Gasteiger partial charge in [0.15, 0.2) is 0 Å². The maximum atomic E-state index is 6.07. The van der Waals surface area contributed by atoms with Crippen LogP contribution >= 0.6 is 27.3 Å². The normalized spacial score (nSPS) is 19.6. The zero-order chi connectivity index (χ0) is 12.5. The van der Waals surface area contributed by atoms with Crippen molar-refractivity contribution in [1.29, 1.82) is 0 Å². The Kier molecular flexibility index (Phi) is 4.29. The van der Waals surface area contributed by atoms with Crippen LogP contribution in [0, 0.1) is 5.92 Å². The number of nitrogens with two attached hydrogens (primary N) is 1. The first-order valence-electron chi connectivity index (χ1n) is 6.26. The minimum atomic E-state index is 0.219. The predicted molar refractivity (Wildman–Crippen MR) is 78.3 cm³/mol. The first-order valence-corrected chi connectivity index (χ1v) is 7.94. The standard InChI is InChI=1S/C13H21BrN2S/c1-3-13(9-15,10-4-5-10)16(2)7-12-6-11(14)8-17-12/h6,8,10H,3-5,7,9,15H2,1-2H3. The molecule has 4 heteroatoms. The average Bonchev–Trinajstić information content (AvgIpc) is 3.07. The van der Waals surface area contributed by atoms with Crippen LogP contribution in [0.25, 0.3) is 0 Å². The summed E-state index contributed by atoms with van der Waals surface area (Å²) >= 11 is 5.33. The average molecular weight is 317 g/mol. The third-order valence-corrected chi connectivity index (χ3v) is 5.76. The van der Waals surface area contributed by atoms with Crippen LogP contribution in [0.1, 0.15) is 31.1 Å². The van der Waals surface area contributed by atoms with Crippen LogP contribution in [0.3, 0.4) is 0 Å². The predicted octanol–water partition coefficient (Wildman–Crippen LogP) is 3.46. The lowest BCUT2D eigenvalue weighted by Gasteiger charge is -2.41. The second-order valence-electron chi connectivity index (χ2n) is 5.02. The van der Waals surface area contributed by atoms with Gasteiger partial charge in [0.2, 0.25) is 0 Å². The topological polar surface area (TPSA) is 29.3 Å². The molecule has 0 radical (unpaired) electrons. The molecule has 1 aliphatic rings. The SMILES string of the molecule is CCC(CN)(C1CC1)N(C)Cc1cc(Br)cs1. The summed E-state index contributed by atoms with van der Waals surface area (Å²) in [5.74, 6) is 0.811. The molecule has 1 atom stereocenters. The molecule has 0 amide bonds. The van der Waals surface area contributed by atoms with E-state index in [4.69, 9.17) is 5.73 Å². The van der Waals surface area contributed by atoms with Crippen LogP contribution in [-0.2, 0) is 6.54 Å². The third kappa shape index (κ3) is 2.75. The Bertz CT molecular complexity index is 369. The van der Waals surface area contributed by atoms with Crippen molar-refractivity contribution >= 4 is 27.3 Å². The highest BCUT2D eigenvalue weighted by Gasteiger charge is 2.45. The lowest BCUT2D eigenvalue weighted by molar-refractivity contribution is 0.0902. The van der Waals surface area contributed by atoms with Crippen LogP contribution in [-0.4, -0.2) is 24.0 Å². The van der Waals surface area contributed by atoms with E-state index in [1.54, 1.807) is 0 Å². The molecular formula is C13H21BrN2S. The van der Waals surface area contributed by atoms with E-state index in [0.29, 0.717) is 0 Å². The Morgan fingerprint density at radius 2 is 2.29 bits per heavy atom. The molecule has 1 heterocycles. The molecule has 17 heavy (non-hydrogen) atoms. The number of hydrogen-bond donors (Lipinski definition) is 1. The minimum absolute atomic E-state index is 0.219. The number of likely N-dealkylation sites (N-methyl/N-ethyl adjacent to an activating group) is 1. The number of nitrogens with zero attached hydrogens (tertiary/aromatic N) is 1. The van der Waals surface area contributed by atoms with Gasteiger partial charge in [-0.1, -0.05) is 6.92 Å². The summed E-state index contributed by atoms with van der Waals surface area (Å²) in [6.07, 6.45) is 3.85. The maximum Gasteiger partial charge on any atom is 0.0358 e. The zero-order valence-corrected chi connectivity index (χ0v) is 13.0. The fourth-order valence-electron chi connectivity index (χ4n) is 2.79. The van der Waals surface area contributed by atoms with Crippen molar-refractivity contribution in [2.45, 2.75) is 38.3 Å². The monoisotopic (exact) mass is 316 g/mol. The Morgan fingerprint density at radius 3 is 2.71 bits per heavy atom. The summed E-state index contributed by atoms with van der Waals surface area (Å²) in [4.78, 5) is 3.88.